The van der Waals surface area contributed by atoms with Gasteiger partial charge in [-0.05, 0) is 43.5 Å². The van der Waals surface area contributed by atoms with Gasteiger partial charge in [-0.2, -0.15) is 5.10 Å². The van der Waals surface area contributed by atoms with E-state index in [1.807, 2.05) is 101 Å². The molecule has 0 spiro atoms. The normalized spacial score (nSPS) is 12.0. The Labute approximate surface area is 217 Å². The molecular weight excluding hydrogens is 464 g/mol. The summed E-state index contributed by atoms with van der Waals surface area (Å²) in [6.45, 7) is 5.68. The van der Waals surface area contributed by atoms with E-state index in [0.29, 0.717) is 12.2 Å². The molecular formula is C30H32N4O3. The Hall–Kier alpha value is -4.39. The fourth-order valence-electron chi connectivity index (χ4n) is 4.41. The van der Waals surface area contributed by atoms with Crippen LogP contribution in [0.1, 0.15) is 27.9 Å². The molecule has 1 aromatic heterocycles. The lowest BCUT2D eigenvalue weighted by atomic mass is 10.1. The lowest BCUT2D eigenvalue weighted by Gasteiger charge is -2.18. The molecule has 0 aliphatic heterocycles. The summed E-state index contributed by atoms with van der Waals surface area (Å²) in [4.78, 5) is 25.9. The first-order chi connectivity index (χ1) is 17.8. The number of nitrogens with zero attached hydrogens (tertiary/aromatic N) is 2. The van der Waals surface area contributed by atoms with Crippen molar-refractivity contribution in [3.63, 3.8) is 0 Å². The van der Waals surface area contributed by atoms with Crippen LogP contribution in [0.2, 0.25) is 0 Å². The number of carbonyl (C=O) groups excluding carboxylic acids is 2. The van der Waals surface area contributed by atoms with Crippen molar-refractivity contribution in [3.8, 4) is 5.75 Å². The zero-order valence-electron chi connectivity index (χ0n) is 21.6. The molecule has 0 aliphatic carbocycles. The largest absolute Gasteiger partial charge is 0.483 e. The van der Waals surface area contributed by atoms with Gasteiger partial charge in [-0.15, -0.1) is 0 Å². The van der Waals surface area contributed by atoms with Crippen LogP contribution in [0.15, 0.2) is 77.9 Å². The molecule has 1 heterocycles. The molecule has 2 amide bonds. The minimum absolute atomic E-state index is 0.192. The van der Waals surface area contributed by atoms with E-state index in [2.05, 4.69) is 20.4 Å². The number of carbonyl (C=O) groups is 2. The van der Waals surface area contributed by atoms with Crippen LogP contribution < -0.4 is 15.5 Å². The maximum atomic E-state index is 13.1. The molecule has 7 nitrogen and oxygen atoms in total. The van der Waals surface area contributed by atoms with Crippen LogP contribution in [0.4, 0.5) is 0 Å². The van der Waals surface area contributed by atoms with E-state index in [1.54, 1.807) is 6.21 Å². The van der Waals surface area contributed by atoms with Gasteiger partial charge in [0.25, 0.3) is 11.8 Å². The summed E-state index contributed by atoms with van der Waals surface area (Å²) in [5, 5.41) is 8.10. The van der Waals surface area contributed by atoms with Gasteiger partial charge in [0.15, 0.2) is 6.61 Å². The van der Waals surface area contributed by atoms with Crippen LogP contribution in [0.5, 0.6) is 5.75 Å². The van der Waals surface area contributed by atoms with Crippen LogP contribution in [-0.2, 0) is 23.1 Å². The molecule has 0 fully saturated rings. The predicted octanol–water partition coefficient (Wildman–Crippen LogP) is 4.36. The van der Waals surface area contributed by atoms with E-state index in [1.165, 1.54) is 0 Å². The molecule has 4 rings (SSSR count). The Morgan fingerprint density at radius 1 is 0.946 bits per heavy atom. The molecule has 0 radical (unpaired) electrons. The van der Waals surface area contributed by atoms with Crippen LogP contribution in [0.25, 0.3) is 10.9 Å². The summed E-state index contributed by atoms with van der Waals surface area (Å²) in [5.74, 6) is -0.109. The molecule has 0 saturated carbocycles. The molecule has 2 N–H and O–H groups in total. The Bertz CT molecular complexity index is 1420. The van der Waals surface area contributed by atoms with E-state index in [4.69, 9.17) is 4.74 Å². The number of aromatic nitrogens is 1. The van der Waals surface area contributed by atoms with Crippen molar-refractivity contribution in [3.05, 3.63) is 101 Å². The third kappa shape index (κ3) is 6.06. The van der Waals surface area contributed by atoms with Crippen LogP contribution in [-0.4, -0.2) is 35.2 Å². The van der Waals surface area contributed by atoms with Crippen molar-refractivity contribution in [2.75, 3.05) is 6.61 Å². The number of para-hydroxylation sites is 2. The number of amides is 2. The van der Waals surface area contributed by atoms with Gasteiger partial charge in [0.05, 0.1) is 6.21 Å². The third-order valence-corrected chi connectivity index (χ3v) is 6.51. The average Bonchev–Trinajstić information content (AvgIpc) is 3.13. The number of rotatable bonds is 9. The van der Waals surface area contributed by atoms with E-state index >= 15 is 0 Å². The van der Waals surface area contributed by atoms with Gasteiger partial charge in [-0.1, -0.05) is 66.7 Å². The topological polar surface area (TPSA) is 84.7 Å². The molecule has 190 valence electrons. The summed E-state index contributed by atoms with van der Waals surface area (Å²) in [6.07, 6.45) is 1.98. The highest BCUT2D eigenvalue weighted by atomic mass is 16.5. The van der Waals surface area contributed by atoms with Gasteiger partial charge in [-0.25, -0.2) is 5.43 Å². The van der Waals surface area contributed by atoms with Crippen molar-refractivity contribution in [2.45, 2.75) is 33.2 Å². The number of fused-ring (bicyclic) bond motifs is 1. The lowest BCUT2D eigenvalue weighted by molar-refractivity contribution is -0.130. The highest BCUT2D eigenvalue weighted by Crippen LogP contribution is 2.23. The first kappa shape index (κ1) is 25.7. The van der Waals surface area contributed by atoms with Gasteiger partial charge < -0.3 is 14.6 Å². The number of nitrogens with one attached hydrogen (secondary N) is 2. The van der Waals surface area contributed by atoms with Gasteiger partial charge in [0.2, 0.25) is 0 Å². The monoisotopic (exact) mass is 496 g/mol. The molecule has 1 atom stereocenters. The van der Waals surface area contributed by atoms with Gasteiger partial charge >= 0.3 is 0 Å². The summed E-state index contributed by atoms with van der Waals surface area (Å²) in [7, 11) is 2.00. The highest BCUT2D eigenvalue weighted by Gasteiger charge is 2.22. The molecule has 0 bridgehead atoms. The number of hydrazone groups is 1. The van der Waals surface area contributed by atoms with Crippen molar-refractivity contribution >= 4 is 28.9 Å². The van der Waals surface area contributed by atoms with Crippen LogP contribution in [0.3, 0.4) is 0 Å². The van der Waals surface area contributed by atoms with Gasteiger partial charge in [-0.3, -0.25) is 9.59 Å². The quantitative estimate of drug-likeness (QED) is 0.267. The molecule has 0 unspecified atom stereocenters. The summed E-state index contributed by atoms with van der Waals surface area (Å²) in [5.41, 5.74) is 8.50. The van der Waals surface area contributed by atoms with E-state index in [-0.39, 0.29) is 12.5 Å². The Morgan fingerprint density at radius 2 is 1.62 bits per heavy atom. The Balaban J connectivity index is 1.46. The van der Waals surface area contributed by atoms with E-state index < -0.39 is 11.9 Å². The van der Waals surface area contributed by atoms with E-state index in [9.17, 15) is 9.59 Å². The van der Waals surface area contributed by atoms with Crippen LogP contribution in [0, 0.1) is 20.8 Å². The van der Waals surface area contributed by atoms with E-state index in [0.717, 1.165) is 38.9 Å². The summed E-state index contributed by atoms with van der Waals surface area (Å²) >= 11 is 0. The fraction of sp³-hybridized carbons (Fsp3) is 0.233. The first-order valence-corrected chi connectivity index (χ1v) is 12.2. The Morgan fingerprint density at radius 3 is 2.35 bits per heavy atom. The number of aryl methyl sites for hydroxylation is 3. The van der Waals surface area contributed by atoms with Crippen molar-refractivity contribution in [1.82, 2.24) is 15.3 Å². The predicted molar refractivity (Wildman–Crippen MR) is 147 cm³/mol. The lowest BCUT2D eigenvalue weighted by Crippen LogP contribution is -2.48. The smallest absolute Gasteiger partial charge is 0.262 e. The highest BCUT2D eigenvalue weighted by molar-refractivity contribution is 6.01. The second-order valence-corrected chi connectivity index (χ2v) is 9.13. The SMILES string of the molecule is Cc1cccc(C)c1OCC(=O)N[C@H](Cc1ccccc1)C(=O)N/N=C\c1c(C)n(C)c2ccccc12. The van der Waals surface area contributed by atoms with Crippen molar-refractivity contribution in [2.24, 2.45) is 12.1 Å². The second-order valence-electron chi connectivity index (χ2n) is 9.13. The zero-order valence-corrected chi connectivity index (χ0v) is 21.6. The zero-order chi connectivity index (χ0) is 26.4. The van der Waals surface area contributed by atoms with Gasteiger partial charge in [0, 0.05) is 35.6 Å². The minimum Gasteiger partial charge on any atom is -0.483 e. The number of hydrogen-bond donors (Lipinski definition) is 2. The second kappa shape index (κ2) is 11.6. The molecule has 0 saturated heterocycles. The minimum atomic E-state index is -0.817. The van der Waals surface area contributed by atoms with Crippen molar-refractivity contribution < 1.29 is 14.3 Å². The average molecular weight is 497 g/mol. The maximum Gasteiger partial charge on any atom is 0.262 e. The summed E-state index contributed by atoms with van der Waals surface area (Å²) < 4.78 is 7.87. The number of ether oxygens (including phenoxy) is 1. The van der Waals surface area contributed by atoms with Gasteiger partial charge in [0.1, 0.15) is 11.8 Å². The maximum absolute atomic E-state index is 13.1. The molecule has 4 aromatic rings. The number of hydrogen-bond acceptors (Lipinski definition) is 4. The van der Waals surface area contributed by atoms with Crippen LogP contribution >= 0.6 is 0 Å². The molecule has 0 aliphatic rings. The molecule has 37 heavy (non-hydrogen) atoms. The molecule has 7 heteroatoms. The fourth-order valence-corrected chi connectivity index (χ4v) is 4.41. The first-order valence-electron chi connectivity index (χ1n) is 12.2. The third-order valence-electron chi connectivity index (χ3n) is 6.51. The van der Waals surface area contributed by atoms with Crippen molar-refractivity contribution in [1.29, 1.82) is 0 Å². The Kier molecular flexibility index (Phi) is 8.03. The summed E-state index contributed by atoms with van der Waals surface area (Å²) in [6, 6.07) is 22.6. The standard InChI is InChI=1S/C30H32N4O3/c1-20-11-10-12-21(2)29(20)37-19-28(35)32-26(17-23-13-6-5-7-14-23)30(36)33-31-18-25-22(3)34(4)27-16-9-8-15-24(25)27/h5-16,18,26H,17,19H2,1-4H3,(H,32,35)(H,33,36)/b31-18-/t26-/m1/s1. The number of benzene rings is 3. The molecule has 3 aromatic carbocycles.